The van der Waals surface area contributed by atoms with Crippen LogP contribution in [-0.4, -0.2) is 53.7 Å². The van der Waals surface area contributed by atoms with Gasteiger partial charge in [0.25, 0.3) is 11.8 Å². The van der Waals surface area contributed by atoms with Gasteiger partial charge < -0.3 is 10.6 Å². The number of carbonyl (C=O) groups excluding carboxylic acids is 3. The first-order chi connectivity index (χ1) is 13.0. The average Bonchev–Trinajstić information content (AvgIpc) is 2.90. The number of nitrogens with zero attached hydrogens (tertiary/aromatic N) is 2. The van der Waals surface area contributed by atoms with Gasteiger partial charge in [0.05, 0.1) is 11.1 Å². The molecule has 0 radical (unpaired) electrons. The number of aryl methyl sites for hydroxylation is 1. The van der Waals surface area contributed by atoms with Crippen LogP contribution in [0.2, 0.25) is 0 Å². The third-order valence-electron chi connectivity index (χ3n) is 4.68. The van der Waals surface area contributed by atoms with Gasteiger partial charge in [-0.25, -0.2) is 0 Å². The topological polar surface area (TPSA) is 83.7 Å². The fourth-order valence-electron chi connectivity index (χ4n) is 3.21. The molecule has 0 spiro atoms. The van der Waals surface area contributed by atoms with E-state index in [9.17, 15) is 14.4 Å². The van der Waals surface area contributed by atoms with Crippen LogP contribution in [0.25, 0.3) is 0 Å². The van der Waals surface area contributed by atoms with E-state index in [4.69, 9.17) is 5.73 Å². The van der Waals surface area contributed by atoms with E-state index in [2.05, 4.69) is 0 Å². The zero-order valence-electron chi connectivity index (χ0n) is 15.8. The number of rotatable bonds is 7. The summed E-state index contributed by atoms with van der Waals surface area (Å²) in [4.78, 5) is 40.5. The van der Waals surface area contributed by atoms with Gasteiger partial charge >= 0.3 is 0 Å². The lowest BCUT2D eigenvalue weighted by Crippen LogP contribution is -2.45. The van der Waals surface area contributed by atoms with Crippen LogP contribution in [0, 0.1) is 6.92 Å². The SMILES string of the molecule is Cc1ccc2c(c1)C(=O)N(CC(=O)N(CCN)CCc1ccccc1)C2=O.Cl. The van der Waals surface area contributed by atoms with Crippen molar-refractivity contribution < 1.29 is 14.4 Å². The number of nitrogens with two attached hydrogens (primary N) is 1. The molecular formula is C21H24ClN3O3. The highest BCUT2D eigenvalue weighted by Crippen LogP contribution is 2.23. The molecule has 0 fully saturated rings. The zero-order valence-corrected chi connectivity index (χ0v) is 16.6. The summed E-state index contributed by atoms with van der Waals surface area (Å²) in [6.45, 7) is 2.79. The Morgan fingerprint density at radius 1 is 1.00 bits per heavy atom. The summed E-state index contributed by atoms with van der Waals surface area (Å²) in [5, 5.41) is 0. The summed E-state index contributed by atoms with van der Waals surface area (Å²) in [6.07, 6.45) is 0.688. The van der Waals surface area contributed by atoms with Crippen LogP contribution < -0.4 is 5.73 Å². The Morgan fingerprint density at radius 2 is 1.68 bits per heavy atom. The number of fused-ring (bicyclic) bond motifs is 1. The molecule has 0 bridgehead atoms. The van der Waals surface area contributed by atoms with Crippen LogP contribution >= 0.6 is 12.4 Å². The average molecular weight is 402 g/mol. The van der Waals surface area contributed by atoms with E-state index < -0.39 is 11.8 Å². The molecule has 28 heavy (non-hydrogen) atoms. The van der Waals surface area contributed by atoms with E-state index >= 15 is 0 Å². The number of hydrogen-bond donors (Lipinski definition) is 1. The molecule has 0 aromatic heterocycles. The van der Waals surface area contributed by atoms with Crippen molar-refractivity contribution in [3.05, 3.63) is 70.8 Å². The lowest BCUT2D eigenvalue weighted by Gasteiger charge is -2.24. The van der Waals surface area contributed by atoms with Gasteiger partial charge in [-0.15, -0.1) is 12.4 Å². The number of halogens is 1. The standard InChI is InChI=1S/C21H23N3O3.ClH/c1-15-7-8-17-18(13-15)21(27)24(20(17)26)14-19(25)23(12-10-22)11-9-16-5-3-2-4-6-16;/h2-8,13H,9-12,14,22H2,1H3;1H. The van der Waals surface area contributed by atoms with E-state index in [-0.39, 0.29) is 24.9 Å². The first-order valence-electron chi connectivity index (χ1n) is 9.00. The summed E-state index contributed by atoms with van der Waals surface area (Å²) in [7, 11) is 0. The van der Waals surface area contributed by atoms with Crippen molar-refractivity contribution in [1.29, 1.82) is 0 Å². The van der Waals surface area contributed by atoms with Crippen LogP contribution in [0.15, 0.2) is 48.5 Å². The molecule has 0 saturated heterocycles. The smallest absolute Gasteiger partial charge is 0.262 e. The molecule has 7 heteroatoms. The fourth-order valence-corrected chi connectivity index (χ4v) is 3.21. The van der Waals surface area contributed by atoms with E-state index in [1.165, 1.54) is 0 Å². The molecule has 0 atom stereocenters. The molecule has 0 aliphatic carbocycles. The highest BCUT2D eigenvalue weighted by atomic mass is 35.5. The predicted octanol–water partition coefficient (Wildman–Crippen LogP) is 2.04. The minimum absolute atomic E-state index is 0. The molecule has 6 nitrogen and oxygen atoms in total. The van der Waals surface area contributed by atoms with Crippen LogP contribution in [0.5, 0.6) is 0 Å². The van der Waals surface area contributed by atoms with Gasteiger partial charge in [0.15, 0.2) is 0 Å². The lowest BCUT2D eigenvalue weighted by molar-refractivity contribution is -0.131. The molecule has 2 aromatic rings. The van der Waals surface area contributed by atoms with Gasteiger partial charge in [-0.05, 0) is 31.0 Å². The number of benzene rings is 2. The summed E-state index contributed by atoms with van der Waals surface area (Å²) >= 11 is 0. The van der Waals surface area contributed by atoms with Gasteiger partial charge in [-0.2, -0.15) is 0 Å². The first kappa shape index (κ1) is 21.6. The van der Waals surface area contributed by atoms with E-state index in [0.717, 1.165) is 16.0 Å². The second-order valence-corrected chi connectivity index (χ2v) is 6.65. The molecule has 1 aliphatic rings. The predicted molar refractivity (Wildman–Crippen MR) is 110 cm³/mol. The first-order valence-corrected chi connectivity index (χ1v) is 9.00. The van der Waals surface area contributed by atoms with Gasteiger partial charge in [-0.1, -0.05) is 42.0 Å². The van der Waals surface area contributed by atoms with Gasteiger partial charge in [0.2, 0.25) is 5.91 Å². The number of carbonyl (C=O) groups is 3. The Morgan fingerprint density at radius 3 is 2.36 bits per heavy atom. The monoisotopic (exact) mass is 401 g/mol. The van der Waals surface area contributed by atoms with Gasteiger partial charge in [0.1, 0.15) is 6.54 Å². The highest BCUT2D eigenvalue weighted by molar-refractivity contribution is 6.22. The minimum atomic E-state index is -0.417. The molecule has 3 rings (SSSR count). The Kier molecular flexibility index (Phi) is 7.31. The molecule has 1 aliphatic heterocycles. The number of imide groups is 1. The molecule has 0 unspecified atom stereocenters. The van der Waals surface area contributed by atoms with Crippen molar-refractivity contribution >= 4 is 30.1 Å². The molecule has 2 N–H and O–H groups in total. The minimum Gasteiger partial charge on any atom is -0.340 e. The second kappa shape index (κ2) is 9.48. The van der Waals surface area contributed by atoms with Crippen molar-refractivity contribution in [2.75, 3.05) is 26.2 Å². The lowest BCUT2D eigenvalue weighted by atomic mass is 10.1. The second-order valence-electron chi connectivity index (χ2n) is 6.65. The molecule has 0 saturated carbocycles. The third-order valence-corrected chi connectivity index (χ3v) is 4.68. The quantitative estimate of drug-likeness (QED) is 0.719. The van der Waals surface area contributed by atoms with Crippen LogP contribution in [0.1, 0.15) is 31.8 Å². The number of amides is 3. The van der Waals surface area contributed by atoms with E-state index in [0.29, 0.717) is 37.2 Å². The number of hydrogen-bond acceptors (Lipinski definition) is 4. The Hall–Kier alpha value is -2.70. The highest BCUT2D eigenvalue weighted by Gasteiger charge is 2.37. The van der Waals surface area contributed by atoms with Gasteiger partial charge in [0, 0.05) is 19.6 Å². The molecule has 148 valence electrons. The van der Waals surface area contributed by atoms with Crippen LogP contribution in [0.3, 0.4) is 0 Å². The summed E-state index contributed by atoms with van der Waals surface area (Å²) in [5.74, 6) is -1.11. The maximum Gasteiger partial charge on any atom is 0.262 e. The molecule has 3 amide bonds. The van der Waals surface area contributed by atoms with Crippen molar-refractivity contribution in [1.82, 2.24) is 9.80 Å². The Labute approximate surface area is 170 Å². The Balaban J connectivity index is 0.00000280. The van der Waals surface area contributed by atoms with Crippen LogP contribution in [-0.2, 0) is 11.2 Å². The van der Waals surface area contributed by atoms with Crippen LogP contribution in [0.4, 0.5) is 0 Å². The normalized spacial score (nSPS) is 12.6. The molecule has 2 aromatic carbocycles. The Bertz CT molecular complexity index is 870. The van der Waals surface area contributed by atoms with Gasteiger partial charge in [-0.3, -0.25) is 19.3 Å². The van der Waals surface area contributed by atoms with Crippen molar-refractivity contribution in [2.24, 2.45) is 5.73 Å². The van der Waals surface area contributed by atoms with Crippen molar-refractivity contribution in [2.45, 2.75) is 13.3 Å². The summed E-state index contributed by atoms with van der Waals surface area (Å²) in [5.41, 5.74) is 8.37. The molecule has 1 heterocycles. The summed E-state index contributed by atoms with van der Waals surface area (Å²) < 4.78 is 0. The summed E-state index contributed by atoms with van der Waals surface area (Å²) in [6, 6.07) is 15.0. The van der Waals surface area contributed by atoms with Crippen molar-refractivity contribution in [3.63, 3.8) is 0 Å². The fraction of sp³-hybridized carbons (Fsp3) is 0.286. The maximum absolute atomic E-state index is 12.7. The molecular weight excluding hydrogens is 378 g/mol. The third kappa shape index (κ3) is 4.58. The largest absolute Gasteiger partial charge is 0.340 e. The maximum atomic E-state index is 12.7. The van der Waals surface area contributed by atoms with Crippen molar-refractivity contribution in [3.8, 4) is 0 Å². The van der Waals surface area contributed by atoms with E-state index in [1.54, 1.807) is 23.1 Å². The van der Waals surface area contributed by atoms with E-state index in [1.807, 2.05) is 37.3 Å². The zero-order chi connectivity index (χ0) is 19.4.